The number of carbonyl (C=O) groups excluding carboxylic acids is 3. The smallest absolute Gasteiger partial charge is 0.272 e. The molecule has 1 unspecified atom stereocenters. The molecule has 0 fully saturated rings. The number of hydrogen-bond acceptors (Lipinski definition) is 7. The molecule has 1 heterocycles. The van der Waals surface area contributed by atoms with Gasteiger partial charge in [-0.3, -0.25) is 14.4 Å². The maximum Gasteiger partial charge on any atom is 0.272 e. The van der Waals surface area contributed by atoms with Crippen LogP contribution in [0.2, 0.25) is 0 Å². The first-order valence-corrected chi connectivity index (χ1v) is 15.4. The number of rotatable bonds is 12. The number of para-hydroxylation sites is 1. The van der Waals surface area contributed by atoms with Gasteiger partial charge in [-0.25, -0.2) is 0 Å². The van der Waals surface area contributed by atoms with Gasteiger partial charge < -0.3 is 25.2 Å². The Labute approximate surface area is 271 Å². The van der Waals surface area contributed by atoms with Crippen LogP contribution in [0.3, 0.4) is 0 Å². The van der Waals surface area contributed by atoms with Gasteiger partial charge in [0, 0.05) is 27.8 Å². The zero-order valence-electron chi connectivity index (χ0n) is 25.2. The minimum Gasteiger partial charge on any atom is -0.493 e. The van der Waals surface area contributed by atoms with Crippen molar-refractivity contribution in [3.8, 4) is 5.75 Å². The van der Waals surface area contributed by atoms with Gasteiger partial charge in [-0.2, -0.15) is 0 Å². The third-order valence-corrected chi connectivity index (χ3v) is 7.90. The summed E-state index contributed by atoms with van der Waals surface area (Å²) in [7, 11) is 0. The van der Waals surface area contributed by atoms with Gasteiger partial charge in [-0.15, -0.1) is 11.8 Å². The molecule has 3 amide bonds. The zero-order chi connectivity index (χ0) is 32.3. The Morgan fingerprint density at radius 3 is 2.22 bits per heavy atom. The van der Waals surface area contributed by atoms with Crippen LogP contribution in [0.25, 0.3) is 6.08 Å². The molecular formula is C36H32N4O5S. The molecule has 0 saturated carbocycles. The highest BCUT2D eigenvalue weighted by molar-refractivity contribution is 8.00. The second-order valence-electron chi connectivity index (χ2n) is 10.0. The molecule has 1 atom stereocenters. The average Bonchev–Trinajstić information content (AvgIpc) is 3.49. The Morgan fingerprint density at radius 2 is 1.54 bits per heavy atom. The molecule has 3 N–H and O–H groups in total. The number of aryl methyl sites for hydroxylation is 1. The van der Waals surface area contributed by atoms with Crippen molar-refractivity contribution in [3.05, 3.63) is 143 Å². The minimum absolute atomic E-state index is 0.0448. The number of carbonyl (C=O) groups is 3. The highest BCUT2D eigenvalue weighted by Crippen LogP contribution is 2.36. The van der Waals surface area contributed by atoms with Crippen LogP contribution < -0.4 is 20.7 Å². The fourth-order valence-corrected chi connectivity index (χ4v) is 5.48. The predicted molar refractivity (Wildman–Crippen MR) is 179 cm³/mol. The average molecular weight is 633 g/mol. The largest absolute Gasteiger partial charge is 0.493 e. The summed E-state index contributed by atoms with van der Waals surface area (Å²) < 4.78 is 10.8. The van der Waals surface area contributed by atoms with Gasteiger partial charge in [0.2, 0.25) is 5.91 Å². The number of amides is 3. The van der Waals surface area contributed by atoms with Crippen molar-refractivity contribution in [1.29, 1.82) is 0 Å². The van der Waals surface area contributed by atoms with Crippen molar-refractivity contribution in [1.82, 2.24) is 10.5 Å². The van der Waals surface area contributed by atoms with Gasteiger partial charge in [0.15, 0.2) is 5.82 Å². The summed E-state index contributed by atoms with van der Waals surface area (Å²) in [6.07, 6.45) is 1.59. The molecule has 5 aromatic rings. The molecule has 0 aliphatic heterocycles. The number of nitrogens with zero attached hydrogens (tertiary/aromatic N) is 1. The van der Waals surface area contributed by atoms with Gasteiger partial charge in [0.1, 0.15) is 22.5 Å². The van der Waals surface area contributed by atoms with Gasteiger partial charge in [0.05, 0.1) is 6.61 Å². The second-order valence-corrected chi connectivity index (χ2v) is 11.2. The molecule has 0 aliphatic rings. The Hall–Kier alpha value is -5.61. The van der Waals surface area contributed by atoms with E-state index in [-0.39, 0.29) is 11.6 Å². The molecule has 0 radical (unpaired) electrons. The van der Waals surface area contributed by atoms with Gasteiger partial charge in [0.25, 0.3) is 11.8 Å². The standard InChI is InChI=1S/C36H32N4O5S/c1-3-44-31-17-11-10-16-27(31)23-30(38-34(41)26-14-8-5-9-15-26)35(42)37-28-18-20-29(21-19-28)46-33(25-12-6-4-7-13-25)36(43)39-32-22-24(2)45-40-32/h4-23,33H,3H2,1-2H3,(H,37,42)(H,38,41)(H,39,40,43)/b30-23-. The van der Waals surface area contributed by atoms with E-state index in [2.05, 4.69) is 21.1 Å². The number of anilines is 2. The lowest BCUT2D eigenvalue weighted by Crippen LogP contribution is -2.30. The first-order chi connectivity index (χ1) is 22.4. The predicted octanol–water partition coefficient (Wildman–Crippen LogP) is 7.26. The number of aromatic nitrogens is 1. The van der Waals surface area contributed by atoms with Crippen molar-refractivity contribution >= 4 is 47.1 Å². The third kappa shape index (κ3) is 8.52. The Morgan fingerprint density at radius 1 is 0.870 bits per heavy atom. The Bertz CT molecular complexity index is 1820. The SMILES string of the molecule is CCOc1ccccc1/C=C(\NC(=O)c1ccccc1)C(=O)Nc1ccc(SC(C(=O)Nc2cc(C)on2)c2ccccc2)cc1. The van der Waals surface area contributed by atoms with E-state index < -0.39 is 17.1 Å². The first-order valence-electron chi connectivity index (χ1n) is 14.6. The molecule has 10 heteroatoms. The van der Waals surface area contributed by atoms with Crippen LogP contribution in [0.5, 0.6) is 5.75 Å². The summed E-state index contributed by atoms with van der Waals surface area (Å²) in [6, 6.07) is 34.1. The minimum atomic E-state index is -0.577. The fraction of sp³-hybridized carbons (Fsp3) is 0.111. The molecule has 5 rings (SSSR count). The maximum absolute atomic E-state index is 13.6. The summed E-state index contributed by atoms with van der Waals surface area (Å²) in [5, 5.41) is 11.7. The van der Waals surface area contributed by atoms with E-state index in [1.165, 1.54) is 11.8 Å². The van der Waals surface area contributed by atoms with Crippen LogP contribution in [-0.4, -0.2) is 29.5 Å². The van der Waals surface area contributed by atoms with Gasteiger partial charge >= 0.3 is 0 Å². The fourth-order valence-electron chi connectivity index (χ4n) is 4.45. The van der Waals surface area contributed by atoms with Crippen molar-refractivity contribution in [2.24, 2.45) is 0 Å². The lowest BCUT2D eigenvalue weighted by Gasteiger charge is -2.17. The maximum atomic E-state index is 13.6. The molecule has 0 spiro atoms. The quantitative estimate of drug-likeness (QED) is 0.0977. The van der Waals surface area contributed by atoms with Gasteiger partial charge in [-0.05, 0) is 68.0 Å². The molecule has 232 valence electrons. The van der Waals surface area contributed by atoms with Crippen molar-refractivity contribution < 1.29 is 23.6 Å². The summed E-state index contributed by atoms with van der Waals surface area (Å²) in [5.41, 5.74) is 2.42. The summed E-state index contributed by atoms with van der Waals surface area (Å²) in [5.74, 6) is 0.329. The van der Waals surface area contributed by atoms with Crippen LogP contribution in [0.15, 0.2) is 130 Å². The first kappa shape index (κ1) is 31.8. The summed E-state index contributed by atoms with van der Waals surface area (Å²) in [6.45, 7) is 4.07. The number of nitrogens with one attached hydrogen (secondary N) is 3. The van der Waals surface area contributed by atoms with E-state index in [0.29, 0.717) is 40.7 Å². The number of thioether (sulfide) groups is 1. The Kier molecular flexibility index (Phi) is 10.6. The van der Waals surface area contributed by atoms with E-state index in [9.17, 15) is 14.4 Å². The number of benzene rings is 4. The van der Waals surface area contributed by atoms with Gasteiger partial charge in [-0.1, -0.05) is 71.9 Å². The van der Waals surface area contributed by atoms with Crippen LogP contribution in [0, 0.1) is 6.92 Å². The van der Waals surface area contributed by atoms with Crippen LogP contribution in [0.4, 0.5) is 11.5 Å². The van der Waals surface area contributed by atoms with Crippen molar-refractivity contribution in [2.75, 3.05) is 17.2 Å². The highest BCUT2D eigenvalue weighted by Gasteiger charge is 2.23. The molecule has 1 aromatic heterocycles. The molecule has 4 aromatic carbocycles. The summed E-state index contributed by atoms with van der Waals surface area (Å²) >= 11 is 1.36. The van der Waals surface area contributed by atoms with E-state index >= 15 is 0 Å². The molecule has 0 aliphatic carbocycles. The van der Waals surface area contributed by atoms with Crippen molar-refractivity contribution in [2.45, 2.75) is 24.0 Å². The molecule has 0 bridgehead atoms. The molecular weight excluding hydrogens is 600 g/mol. The van der Waals surface area contributed by atoms with Crippen LogP contribution in [-0.2, 0) is 9.59 Å². The monoisotopic (exact) mass is 632 g/mol. The number of hydrogen-bond donors (Lipinski definition) is 3. The molecule has 0 saturated heterocycles. The normalized spacial score (nSPS) is 11.7. The van der Waals surface area contributed by atoms with Crippen LogP contribution >= 0.6 is 11.8 Å². The van der Waals surface area contributed by atoms with E-state index in [1.54, 1.807) is 61.5 Å². The van der Waals surface area contributed by atoms with E-state index in [4.69, 9.17) is 9.26 Å². The topological polar surface area (TPSA) is 123 Å². The lowest BCUT2D eigenvalue weighted by molar-refractivity contribution is -0.116. The number of ether oxygens (including phenoxy) is 1. The second kappa shape index (κ2) is 15.4. The highest BCUT2D eigenvalue weighted by atomic mass is 32.2. The Balaban J connectivity index is 1.34. The zero-order valence-corrected chi connectivity index (χ0v) is 26.0. The van der Waals surface area contributed by atoms with E-state index in [1.807, 2.05) is 73.7 Å². The molecule has 9 nitrogen and oxygen atoms in total. The summed E-state index contributed by atoms with van der Waals surface area (Å²) in [4.78, 5) is 40.7. The van der Waals surface area contributed by atoms with E-state index in [0.717, 1.165) is 10.5 Å². The third-order valence-electron chi connectivity index (χ3n) is 6.63. The molecule has 46 heavy (non-hydrogen) atoms. The van der Waals surface area contributed by atoms with Crippen LogP contribution in [0.1, 0.15) is 39.4 Å². The lowest BCUT2D eigenvalue weighted by atomic mass is 10.1. The van der Waals surface area contributed by atoms with Crippen molar-refractivity contribution in [3.63, 3.8) is 0 Å².